The van der Waals surface area contributed by atoms with Gasteiger partial charge in [-0.1, -0.05) is 30.3 Å². The molecule has 15 heavy (non-hydrogen) atoms. The number of hydrogen-bond acceptors (Lipinski definition) is 2. The zero-order valence-electron chi connectivity index (χ0n) is 9.61. The molecule has 2 heteroatoms. The predicted molar refractivity (Wildman–Crippen MR) is 63.7 cm³/mol. The van der Waals surface area contributed by atoms with Gasteiger partial charge < -0.3 is 10.8 Å². The number of hydrogen-bond donors (Lipinski definition) is 2. The first-order valence-corrected chi connectivity index (χ1v) is 5.51. The minimum absolute atomic E-state index is 0.416. The molecule has 2 nitrogen and oxygen atoms in total. The normalized spacial score (nSPS) is 13.9. The number of nitrogens with two attached hydrogens (primary N) is 1. The number of aliphatic hydroxyl groups excluding tert-OH is 1. The Morgan fingerprint density at radius 2 is 1.87 bits per heavy atom. The van der Waals surface area contributed by atoms with Gasteiger partial charge in [0.05, 0.1) is 6.10 Å². The lowest BCUT2D eigenvalue weighted by molar-refractivity contribution is 0.0934. The summed E-state index contributed by atoms with van der Waals surface area (Å²) in [6, 6.07) is 10.3. The minimum Gasteiger partial charge on any atom is -0.391 e. The van der Waals surface area contributed by atoms with E-state index in [0.29, 0.717) is 0 Å². The van der Waals surface area contributed by atoms with Gasteiger partial charge >= 0.3 is 0 Å². The van der Waals surface area contributed by atoms with E-state index in [4.69, 9.17) is 5.73 Å². The van der Waals surface area contributed by atoms with E-state index in [1.165, 1.54) is 5.56 Å². The van der Waals surface area contributed by atoms with Crippen molar-refractivity contribution in [3.63, 3.8) is 0 Å². The highest BCUT2D eigenvalue weighted by atomic mass is 16.3. The molecule has 1 aromatic carbocycles. The van der Waals surface area contributed by atoms with E-state index in [9.17, 15) is 5.11 Å². The molecule has 1 atom stereocenters. The van der Waals surface area contributed by atoms with Crippen LogP contribution in [0.2, 0.25) is 0 Å². The Kier molecular flexibility index (Phi) is 4.30. The molecule has 0 fully saturated rings. The maximum absolute atomic E-state index is 9.74. The van der Waals surface area contributed by atoms with Crippen LogP contribution in [0.4, 0.5) is 0 Å². The van der Waals surface area contributed by atoms with E-state index in [1.54, 1.807) is 0 Å². The van der Waals surface area contributed by atoms with Crippen molar-refractivity contribution in [3.05, 3.63) is 35.9 Å². The third-order valence-electron chi connectivity index (χ3n) is 2.64. The molecule has 1 aromatic rings. The first-order chi connectivity index (χ1) is 7.00. The zero-order chi connectivity index (χ0) is 11.3. The van der Waals surface area contributed by atoms with Gasteiger partial charge in [-0.3, -0.25) is 0 Å². The van der Waals surface area contributed by atoms with Crippen LogP contribution >= 0.6 is 0 Å². The Morgan fingerprint density at radius 1 is 1.27 bits per heavy atom. The molecule has 0 amide bonds. The van der Waals surface area contributed by atoms with E-state index in [1.807, 2.05) is 32.0 Å². The van der Waals surface area contributed by atoms with Crippen molar-refractivity contribution in [2.45, 2.75) is 44.8 Å². The minimum atomic E-state index is -0.489. The van der Waals surface area contributed by atoms with Crippen molar-refractivity contribution in [3.8, 4) is 0 Å². The zero-order valence-corrected chi connectivity index (χ0v) is 9.61. The second kappa shape index (κ2) is 5.29. The molecule has 0 heterocycles. The third-order valence-corrected chi connectivity index (χ3v) is 2.64. The fourth-order valence-electron chi connectivity index (χ4n) is 1.52. The van der Waals surface area contributed by atoms with Crippen LogP contribution in [-0.4, -0.2) is 16.7 Å². The fourth-order valence-corrected chi connectivity index (χ4v) is 1.52. The molecule has 3 N–H and O–H groups in total. The van der Waals surface area contributed by atoms with Crippen LogP contribution < -0.4 is 5.73 Å². The van der Waals surface area contributed by atoms with Gasteiger partial charge in [-0.25, -0.2) is 0 Å². The van der Waals surface area contributed by atoms with E-state index < -0.39 is 11.6 Å². The van der Waals surface area contributed by atoms with E-state index in [-0.39, 0.29) is 0 Å². The van der Waals surface area contributed by atoms with Crippen LogP contribution in [0.25, 0.3) is 0 Å². The van der Waals surface area contributed by atoms with Gasteiger partial charge in [0.15, 0.2) is 0 Å². The summed E-state index contributed by atoms with van der Waals surface area (Å²) in [4.78, 5) is 0. The average Bonchev–Trinajstić information content (AvgIpc) is 2.18. The Hall–Kier alpha value is -0.860. The molecule has 1 rings (SSSR count). The van der Waals surface area contributed by atoms with Gasteiger partial charge in [0.1, 0.15) is 0 Å². The second-order valence-electron chi connectivity index (χ2n) is 4.71. The Labute approximate surface area is 92.1 Å². The molecule has 1 unspecified atom stereocenters. The van der Waals surface area contributed by atoms with Crippen molar-refractivity contribution >= 4 is 0 Å². The summed E-state index contributed by atoms with van der Waals surface area (Å²) in [5.74, 6) is 0. The lowest BCUT2D eigenvalue weighted by Crippen LogP contribution is -2.44. The second-order valence-corrected chi connectivity index (χ2v) is 4.71. The summed E-state index contributed by atoms with van der Waals surface area (Å²) in [6.45, 7) is 3.72. The first-order valence-electron chi connectivity index (χ1n) is 5.51. The Balaban J connectivity index is 2.28. The quantitative estimate of drug-likeness (QED) is 0.776. The van der Waals surface area contributed by atoms with Gasteiger partial charge in [0.2, 0.25) is 0 Å². The van der Waals surface area contributed by atoms with E-state index >= 15 is 0 Å². The van der Waals surface area contributed by atoms with Crippen LogP contribution in [0.5, 0.6) is 0 Å². The van der Waals surface area contributed by atoms with Crippen LogP contribution in [0.3, 0.4) is 0 Å². The van der Waals surface area contributed by atoms with Gasteiger partial charge in [-0.15, -0.1) is 0 Å². The van der Waals surface area contributed by atoms with Crippen LogP contribution in [0.15, 0.2) is 30.3 Å². The monoisotopic (exact) mass is 207 g/mol. The summed E-state index contributed by atoms with van der Waals surface area (Å²) < 4.78 is 0. The summed E-state index contributed by atoms with van der Waals surface area (Å²) in [5.41, 5.74) is 6.64. The van der Waals surface area contributed by atoms with Crippen LogP contribution in [0.1, 0.15) is 32.3 Å². The number of benzene rings is 1. The van der Waals surface area contributed by atoms with Crippen LogP contribution in [0, 0.1) is 0 Å². The van der Waals surface area contributed by atoms with Crippen molar-refractivity contribution in [1.82, 2.24) is 0 Å². The number of aliphatic hydroxyl groups is 1. The Bertz CT molecular complexity index is 276. The number of rotatable bonds is 5. The molecule has 0 aliphatic carbocycles. The fraction of sp³-hybridized carbons (Fsp3) is 0.538. The standard InChI is InChI=1S/C13H21NO/c1-13(2,14)12(15)10-6-9-11-7-4-3-5-8-11/h3-5,7-8,12,15H,6,9-10,14H2,1-2H3. The van der Waals surface area contributed by atoms with Gasteiger partial charge in [0.25, 0.3) is 0 Å². The van der Waals surface area contributed by atoms with Crippen LogP contribution in [-0.2, 0) is 6.42 Å². The molecular formula is C13H21NO. The highest BCUT2D eigenvalue weighted by Gasteiger charge is 2.21. The molecule has 0 saturated heterocycles. The lowest BCUT2D eigenvalue weighted by atomic mass is 9.93. The molecule has 0 saturated carbocycles. The molecule has 0 aliphatic rings. The average molecular weight is 207 g/mol. The third kappa shape index (κ3) is 4.45. The highest BCUT2D eigenvalue weighted by molar-refractivity contribution is 5.14. The summed E-state index contributed by atoms with van der Waals surface area (Å²) in [5, 5.41) is 9.74. The largest absolute Gasteiger partial charge is 0.391 e. The van der Waals surface area contributed by atoms with Gasteiger partial charge in [-0.05, 0) is 38.7 Å². The molecular weight excluding hydrogens is 186 g/mol. The van der Waals surface area contributed by atoms with E-state index in [2.05, 4.69) is 12.1 Å². The lowest BCUT2D eigenvalue weighted by Gasteiger charge is -2.25. The predicted octanol–water partition coefficient (Wildman–Crippen LogP) is 2.11. The number of aryl methyl sites for hydroxylation is 1. The smallest absolute Gasteiger partial charge is 0.0714 e. The summed E-state index contributed by atoms with van der Waals surface area (Å²) >= 11 is 0. The van der Waals surface area contributed by atoms with Crippen molar-refractivity contribution in [2.75, 3.05) is 0 Å². The topological polar surface area (TPSA) is 46.2 Å². The van der Waals surface area contributed by atoms with Crippen molar-refractivity contribution < 1.29 is 5.11 Å². The maximum Gasteiger partial charge on any atom is 0.0714 e. The van der Waals surface area contributed by atoms with Crippen molar-refractivity contribution in [1.29, 1.82) is 0 Å². The molecule has 0 bridgehead atoms. The molecule has 0 aromatic heterocycles. The summed E-state index contributed by atoms with van der Waals surface area (Å²) in [6.07, 6.45) is 2.33. The van der Waals surface area contributed by atoms with Crippen molar-refractivity contribution in [2.24, 2.45) is 5.73 Å². The summed E-state index contributed by atoms with van der Waals surface area (Å²) in [7, 11) is 0. The molecule has 84 valence electrons. The molecule has 0 spiro atoms. The SMILES string of the molecule is CC(C)(N)C(O)CCCc1ccccc1. The Morgan fingerprint density at radius 3 is 2.40 bits per heavy atom. The van der Waals surface area contributed by atoms with Gasteiger partial charge in [-0.2, -0.15) is 0 Å². The van der Waals surface area contributed by atoms with Gasteiger partial charge in [0, 0.05) is 5.54 Å². The highest BCUT2D eigenvalue weighted by Crippen LogP contribution is 2.13. The first kappa shape index (κ1) is 12.2. The maximum atomic E-state index is 9.74. The molecule has 0 aliphatic heterocycles. The molecule has 0 radical (unpaired) electrons. The van der Waals surface area contributed by atoms with E-state index in [0.717, 1.165) is 19.3 Å².